The summed E-state index contributed by atoms with van der Waals surface area (Å²) in [5.74, 6) is -1.54. The van der Waals surface area contributed by atoms with Gasteiger partial charge in [0.1, 0.15) is 0 Å². The van der Waals surface area contributed by atoms with Crippen molar-refractivity contribution in [3.8, 4) is 11.3 Å². The number of aromatic nitrogens is 1. The van der Waals surface area contributed by atoms with E-state index in [1.54, 1.807) is 18.3 Å². The summed E-state index contributed by atoms with van der Waals surface area (Å²) < 4.78 is 26.6. The van der Waals surface area contributed by atoms with Crippen molar-refractivity contribution < 1.29 is 13.6 Å². The molecule has 28 heavy (non-hydrogen) atoms. The van der Waals surface area contributed by atoms with Crippen LogP contribution < -0.4 is 10.2 Å². The van der Waals surface area contributed by atoms with Gasteiger partial charge in [0.2, 0.25) is 0 Å². The topological polar surface area (TPSA) is 48.1 Å². The van der Waals surface area contributed by atoms with Crippen LogP contribution in [0.25, 0.3) is 11.3 Å². The molecule has 144 valence electrons. The molecule has 3 aromatic rings. The molecule has 2 heterocycles. The van der Waals surface area contributed by atoms with E-state index in [1.165, 1.54) is 6.07 Å². The second-order valence-electron chi connectivity index (χ2n) is 7.04. The lowest BCUT2D eigenvalue weighted by Crippen LogP contribution is -2.31. The number of H-pyrrole nitrogens is 1. The van der Waals surface area contributed by atoms with Crippen molar-refractivity contribution in [1.29, 1.82) is 0 Å². The first-order chi connectivity index (χ1) is 13.6. The highest BCUT2D eigenvalue weighted by atomic mass is 19.2. The number of aromatic amines is 1. The predicted octanol–water partition coefficient (Wildman–Crippen LogP) is 4.22. The number of nitrogens with one attached hydrogen (secondary N) is 2. The van der Waals surface area contributed by atoms with E-state index in [9.17, 15) is 13.6 Å². The summed E-state index contributed by atoms with van der Waals surface area (Å²) in [6.07, 6.45) is 2.65. The quantitative estimate of drug-likeness (QED) is 0.695. The van der Waals surface area contributed by atoms with Crippen LogP contribution >= 0.6 is 0 Å². The zero-order valence-corrected chi connectivity index (χ0v) is 15.3. The minimum atomic E-state index is -0.840. The minimum Gasteiger partial charge on any atom is -0.371 e. The second-order valence-corrected chi connectivity index (χ2v) is 7.04. The number of benzene rings is 2. The van der Waals surface area contributed by atoms with Gasteiger partial charge in [-0.05, 0) is 36.1 Å². The smallest absolute Gasteiger partial charge is 0.253 e. The monoisotopic (exact) mass is 381 g/mol. The number of nitrogens with zero attached hydrogens (tertiary/aromatic N) is 1. The largest absolute Gasteiger partial charge is 0.371 e. The minimum absolute atomic E-state index is 0.119. The Morgan fingerprint density at radius 3 is 2.71 bits per heavy atom. The Labute approximate surface area is 162 Å². The summed E-state index contributed by atoms with van der Waals surface area (Å²) in [6.45, 7) is 1.99. The first-order valence-corrected chi connectivity index (χ1v) is 9.33. The van der Waals surface area contributed by atoms with Crippen molar-refractivity contribution >= 4 is 11.6 Å². The van der Waals surface area contributed by atoms with Crippen LogP contribution in [0.4, 0.5) is 14.5 Å². The molecule has 4 rings (SSSR count). The molecule has 0 radical (unpaired) electrons. The highest BCUT2D eigenvalue weighted by Crippen LogP contribution is 2.25. The van der Waals surface area contributed by atoms with Crippen molar-refractivity contribution in [2.75, 3.05) is 24.5 Å². The Hall–Kier alpha value is -3.15. The van der Waals surface area contributed by atoms with Gasteiger partial charge in [-0.2, -0.15) is 0 Å². The first kappa shape index (κ1) is 18.2. The Balaban J connectivity index is 1.36. The maximum atomic E-state index is 13.5. The van der Waals surface area contributed by atoms with E-state index >= 15 is 0 Å². The number of hydrogen-bond acceptors (Lipinski definition) is 2. The summed E-state index contributed by atoms with van der Waals surface area (Å²) in [6, 6.07) is 15.5. The van der Waals surface area contributed by atoms with E-state index < -0.39 is 11.6 Å². The normalized spacial score (nSPS) is 16.4. The van der Waals surface area contributed by atoms with Gasteiger partial charge in [-0.15, -0.1) is 0 Å². The Morgan fingerprint density at radius 2 is 1.93 bits per heavy atom. The molecule has 0 saturated carbocycles. The second kappa shape index (κ2) is 7.84. The number of anilines is 1. The van der Waals surface area contributed by atoms with E-state index in [-0.39, 0.29) is 11.8 Å². The van der Waals surface area contributed by atoms with Crippen molar-refractivity contribution in [1.82, 2.24) is 10.3 Å². The molecule has 1 atom stereocenters. The Kier molecular flexibility index (Phi) is 5.10. The van der Waals surface area contributed by atoms with E-state index in [1.807, 2.05) is 35.2 Å². The number of amides is 1. The van der Waals surface area contributed by atoms with Crippen LogP contribution in [-0.2, 0) is 0 Å². The van der Waals surface area contributed by atoms with Gasteiger partial charge in [0, 0.05) is 37.6 Å². The van der Waals surface area contributed by atoms with Gasteiger partial charge in [-0.25, -0.2) is 8.78 Å². The molecular formula is C22H21F2N3O. The zero-order chi connectivity index (χ0) is 19.5. The third-order valence-electron chi connectivity index (χ3n) is 5.16. The van der Waals surface area contributed by atoms with Crippen LogP contribution in [0.2, 0.25) is 0 Å². The summed E-state index contributed by atoms with van der Waals surface area (Å²) in [5, 5.41) is 3.01. The van der Waals surface area contributed by atoms with E-state index in [0.717, 1.165) is 30.3 Å². The first-order valence-electron chi connectivity index (χ1n) is 9.33. The van der Waals surface area contributed by atoms with Gasteiger partial charge >= 0.3 is 0 Å². The Morgan fingerprint density at radius 1 is 1.11 bits per heavy atom. The average molecular weight is 381 g/mol. The average Bonchev–Trinajstić information content (AvgIpc) is 3.39. The lowest BCUT2D eigenvalue weighted by Gasteiger charge is -2.19. The lowest BCUT2D eigenvalue weighted by molar-refractivity contribution is 0.0949. The molecule has 4 nitrogen and oxygen atoms in total. The molecule has 1 saturated heterocycles. The molecule has 0 bridgehead atoms. The van der Waals surface area contributed by atoms with Crippen LogP contribution in [0.3, 0.4) is 0 Å². The molecule has 6 heteroatoms. The maximum Gasteiger partial charge on any atom is 0.253 e. The Bertz CT molecular complexity index is 971. The highest BCUT2D eigenvalue weighted by Gasteiger charge is 2.24. The van der Waals surface area contributed by atoms with Crippen LogP contribution in [0.15, 0.2) is 60.8 Å². The molecule has 2 N–H and O–H groups in total. The molecule has 1 unspecified atom stereocenters. The summed E-state index contributed by atoms with van der Waals surface area (Å²) in [7, 11) is 0. The van der Waals surface area contributed by atoms with E-state index in [0.29, 0.717) is 24.3 Å². The van der Waals surface area contributed by atoms with Gasteiger partial charge < -0.3 is 15.2 Å². The number of halogens is 2. The highest BCUT2D eigenvalue weighted by molar-refractivity contribution is 6.00. The molecule has 1 aliphatic heterocycles. The molecule has 1 aliphatic rings. The summed E-state index contributed by atoms with van der Waals surface area (Å²) >= 11 is 0. The molecule has 1 amide bonds. The van der Waals surface area contributed by atoms with E-state index in [2.05, 4.69) is 10.3 Å². The summed E-state index contributed by atoms with van der Waals surface area (Å²) in [5.41, 5.74) is 3.04. The van der Waals surface area contributed by atoms with Crippen LogP contribution in [0, 0.1) is 17.6 Å². The third kappa shape index (κ3) is 3.76. The van der Waals surface area contributed by atoms with Crippen molar-refractivity contribution in [3.05, 3.63) is 78.0 Å². The fraction of sp³-hybridized carbons (Fsp3) is 0.227. The maximum absolute atomic E-state index is 13.5. The third-order valence-corrected chi connectivity index (χ3v) is 5.16. The molecule has 0 aliphatic carbocycles. The zero-order valence-electron chi connectivity index (χ0n) is 15.3. The van der Waals surface area contributed by atoms with Crippen LogP contribution in [0.1, 0.15) is 16.8 Å². The van der Waals surface area contributed by atoms with Crippen LogP contribution in [-0.4, -0.2) is 30.5 Å². The van der Waals surface area contributed by atoms with Crippen molar-refractivity contribution in [2.45, 2.75) is 6.42 Å². The lowest BCUT2D eigenvalue weighted by atomic mass is 10.1. The van der Waals surface area contributed by atoms with Gasteiger partial charge in [0.25, 0.3) is 5.91 Å². The van der Waals surface area contributed by atoms with E-state index in [4.69, 9.17) is 0 Å². The standard InChI is InChI=1S/C22H21F2N3O/c23-19-7-6-17(12-20(19)24)27-11-9-15(14-27)13-26-22(28)18-8-10-25-21(18)16-4-2-1-3-5-16/h1-8,10,12,15,25H,9,11,13-14H2,(H,26,28). The fourth-order valence-electron chi connectivity index (χ4n) is 3.65. The van der Waals surface area contributed by atoms with Crippen molar-refractivity contribution in [3.63, 3.8) is 0 Å². The number of hydrogen-bond donors (Lipinski definition) is 2. The van der Waals surface area contributed by atoms with Gasteiger partial charge in [0.15, 0.2) is 11.6 Å². The van der Waals surface area contributed by atoms with Gasteiger partial charge in [0.05, 0.1) is 11.3 Å². The fourth-order valence-corrected chi connectivity index (χ4v) is 3.65. The number of rotatable bonds is 5. The molecule has 1 aromatic heterocycles. The predicted molar refractivity (Wildman–Crippen MR) is 105 cm³/mol. The molecular weight excluding hydrogens is 360 g/mol. The summed E-state index contributed by atoms with van der Waals surface area (Å²) in [4.78, 5) is 17.8. The number of carbonyl (C=O) groups is 1. The SMILES string of the molecule is O=C(NCC1CCN(c2ccc(F)c(F)c2)C1)c1cc[nH]c1-c1ccccc1. The number of carbonyl (C=O) groups excluding carboxylic acids is 1. The molecule has 0 spiro atoms. The van der Waals surface area contributed by atoms with Gasteiger partial charge in [-0.1, -0.05) is 30.3 Å². The molecule has 1 fully saturated rings. The molecule has 2 aromatic carbocycles. The van der Waals surface area contributed by atoms with Gasteiger partial charge in [-0.3, -0.25) is 4.79 Å². The van der Waals surface area contributed by atoms with Crippen LogP contribution in [0.5, 0.6) is 0 Å². The van der Waals surface area contributed by atoms with Crippen molar-refractivity contribution in [2.24, 2.45) is 5.92 Å².